The summed E-state index contributed by atoms with van der Waals surface area (Å²) in [6.07, 6.45) is 5.18. The largest absolute Gasteiger partial charge is 0.386 e. The van der Waals surface area contributed by atoms with E-state index in [0.29, 0.717) is 0 Å². The molecular formula is C9H18N2. The molecule has 0 saturated heterocycles. The predicted octanol–water partition coefficient (Wildman–Crippen LogP) is 1.40. The Labute approximate surface area is 69.2 Å². The fourth-order valence-electron chi connectivity index (χ4n) is 0.767. The minimum atomic E-state index is 0.794. The molecule has 0 rings (SSSR count). The molecule has 3 N–H and O–H groups in total. The van der Waals surface area contributed by atoms with E-state index >= 15 is 0 Å². The van der Waals surface area contributed by atoms with Crippen LogP contribution >= 0.6 is 0 Å². The van der Waals surface area contributed by atoms with Gasteiger partial charge in [-0.2, -0.15) is 0 Å². The van der Waals surface area contributed by atoms with Crippen LogP contribution in [-0.2, 0) is 0 Å². The van der Waals surface area contributed by atoms with E-state index in [2.05, 4.69) is 18.5 Å². The molecule has 0 aromatic heterocycles. The van der Waals surface area contributed by atoms with Crippen molar-refractivity contribution in [2.45, 2.75) is 19.3 Å². The summed E-state index contributed by atoms with van der Waals surface area (Å²) in [6, 6.07) is 0. The molecule has 0 bridgehead atoms. The summed E-state index contributed by atoms with van der Waals surface area (Å²) in [6.45, 7) is 9.10. The average molecular weight is 154 g/mol. The van der Waals surface area contributed by atoms with E-state index in [4.69, 9.17) is 5.73 Å². The van der Waals surface area contributed by atoms with E-state index in [9.17, 15) is 0 Å². The Balaban J connectivity index is 3.01. The molecular weight excluding hydrogens is 136 g/mol. The van der Waals surface area contributed by atoms with E-state index in [1.807, 2.05) is 0 Å². The van der Waals surface area contributed by atoms with E-state index in [1.165, 1.54) is 6.42 Å². The molecule has 0 aliphatic rings. The van der Waals surface area contributed by atoms with Gasteiger partial charge in [0.1, 0.15) is 0 Å². The molecule has 0 heterocycles. The minimum absolute atomic E-state index is 0.794. The van der Waals surface area contributed by atoms with Crippen LogP contribution in [0.4, 0.5) is 0 Å². The number of allylic oxidation sites excluding steroid dienone is 1. The summed E-state index contributed by atoms with van der Waals surface area (Å²) in [4.78, 5) is 0. The van der Waals surface area contributed by atoms with Gasteiger partial charge in [-0.05, 0) is 25.5 Å². The molecule has 0 aromatic rings. The molecule has 0 aliphatic heterocycles. The van der Waals surface area contributed by atoms with Crippen molar-refractivity contribution in [2.24, 2.45) is 5.73 Å². The van der Waals surface area contributed by atoms with Crippen molar-refractivity contribution in [2.75, 3.05) is 13.1 Å². The summed E-state index contributed by atoms with van der Waals surface area (Å²) in [5, 5.41) is 3.14. The van der Waals surface area contributed by atoms with E-state index < -0.39 is 0 Å². The van der Waals surface area contributed by atoms with Crippen molar-refractivity contribution >= 4 is 0 Å². The second-order valence-corrected chi connectivity index (χ2v) is 2.51. The quantitative estimate of drug-likeness (QED) is 0.430. The highest BCUT2D eigenvalue weighted by Gasteiger charge is 1.87. The first kappa shape index (κ1) is 10.2. The van der Waals surface area contributed by atoms with Crippen molar-refractivity contribution < 1.29 is 0 Å². The maximum absolute atomic E-state index is 5.34. The smallest absolute Gasteiger partial charge is 0.0261 e. The third kappa shape index (κ3) is 7.13. The predicted molar refractivity (Wildman–Crippen MR) is 50.2 cm³/mol. The normalized spacial score (nSPS) is 9.18. The van der Waals surface area contributed by atoms with Crippen LogP contribution in [0.15, 0.2) is 24.9 Å². The van der Waals surface area contributed by atoms with Crippen LogP contribution in [0.3, 0.4) is 0 Å². The van der Waals surface area contributed by atoms with Crippen LogP contribution in [0.1, 0.15) is 19.3 Å². The monoisotopic (exact) mass is 154 g/mol. The molecule has 2 nitrogen and oxygen atoms in total. The number of nitrogens with one attached hydrogen (secondary N) is 1. The van der Waals surface area contributed by atoms with Gasteiger partial charge in [0.15, 0.2) is 0 Å². The number of hydrogen-bond donors (Lipinski definition) is 2. The van der Waals surface area contributed by atoms with Gasteiger partial charge in [-0.15, -0.1) is 0 Å². The molecule has 0 atom stereocenters. The van der Waals surface area contributed by atoms with Crippen molar-refractivity contribution in [3.8, 4) is 0 Å². The van der Waals surface area contributed by atoms with Gasteiger partial charge in [0.2, 0.25) is 0 Å². The second kappa shape index (κ2) is 7.35. The first-order valence-electron chi connectivity index (χ1n) is 4.06. The Kier molecular flexibility index (Phi) is 6.84. The average Bonchev–Trinajstić information content (AvgIpc) is 2.04. The van der Waals surface area contributed by atoms with Gasteiger partial charge in [-0.3, -0.25) is 0 Å². The lowest BCUT2D eigenvalue weighted by Gasteiger charge is -2.03. The lowest BCUT2D eigenvalue weighted by atomic mass is 10.2. The molecule has 0 aliphatic carbocycles. The standard InChI is InChI=1S/C9H18N2/c1-3-9(2)11-8-6-4-5-7-10/h3,11H,1-2,4-8,10H2. The number of hydrogen-bond acceptors (Lipinski definition) is 2. The third-order valence-corrected chi connectivity index (χ3v) is 1.48. The van der Waals surface area contributed by atoms with Gasteiger partial charge in [0, 0.05) is 12.2 Å². The summed E-state index contributed by atoms with van der Waals surface area (Å²) in [5.74, 6) is 0. The molecule has 0 fully saturated rings. The van der Waals surface area contributed by atoms with Crippen LogP contribution in [0.2, 0.25) is 0 Å². The summed E-state index contributed by atoms with van der Waals surface area (Å²) >= 11 is 0. The van der Waals surface area contributed by atoms with E-state index in [0.717, 1.165) is 31.6 Å². The minimum Gasteiger partial charge on any atom is -0.386 e. The van der Waals surface area contributed by atoms with Crippen LogP contribution in [-0.4, -0.2) is 13.1 Å². The maximum Gasteiger partial charge on any atom is 0.0261 e. The molecule has 11 heavy (non-hydrogen) atoms. The van der Waals surface area contributed by atoms with Crippen LogP contribution in [0.25, 0.3) is 0 Å². The van der Waals surface area contributed by atoms with Gasteiger partial charge in [-0.25, -0.2) is 0 Å². The Morgan fingerprint density at radius 2 is 2.09 bits per heavy atom. The number of rotatable bonds is 7. The van der Waals surface area contributed by atoms with Crippen LogP contribution < -0.4 is 11.1 Å². The first-order valence-corrected chi connectivity index (χ1v) is 4.06. The third-order valence-electron chi connectivity index (χ3n) is 1.48. The summed E-state index contributed by atoms with van der Waals surface area (Å²) < 4.78 is 0. The summed E-state index contributed by atoms with van der Waals surface area (Å²) in [5.41, 5.74) is 6.24. The highest BCUT2D eigenvalue weighted by atomic mass is 14.9. The Morgan fingerprint density at radius 1 is 1.36 bits per heavy atom. The van der Waals surface area contributed by atoms with Gasteiger partial charge in [0.25, 0.3) is 0 Å². The zero-order chi connectivity index (χ0) is 8.53. The van der Waals surface area contributed by atoms with Crippen molar-refractivity contribution in [3.63, 3.8) is 0 Å². The fourth-order valence-corrected chi connectivity index (χ4v) is 0.767. The zero-order valence-electron chi connectivity index (χ0n) is 7.10. The van der Waals surface area contributed by atoms with Gasteiger partial charge >= 0.3 is 0 Å². The zero-order valence-corrected chi connectivity index (χ0v) is 7.10. The van der Waals surface area contributed by atoms with Gasteiger partial charge in [-0.1, -0.05) is 19.6 Å². The van der Waals surface area contributed by atoms with Crippen molar-refractivity contribution in [3.05, 3.63) is 24.9 Å². The molecule has 0 aromatic carbocycles. The highest BCUT2D eigenvalue weighted by molar-refractivity contribution is 5.07. The molecule has 0 saturated carbocycles. The molecule has 0 radical (unpaired) electrons. The number of unbranched alkanes of at least 4 members (excludes halogenated alkanes) is 2. The topological polar surface area (TPSA) is 38.0 Å². The molecule has 0 unspecified atom stereocenters. The second-order valence-electron chi connectivity index (χ2n) is 2.51. The van der Waals surface area contributed by atoms with Crippen LogP contribution in [0, 0.1) is 0 Å². The SMILES string of the molecule is C=CC(=C)NCCCCCN. The van der Waals surface area contributed by atoms with E-state index in [-0.39, 0.29) is 0 Å². The van der Waals surface area contributed by atoms with E-state index in [1.54, 1.807) is 6.08 Å². The van der Waals surface area contributed by atoms with Gasteiger partial charge in [0.05, 0.1) is 0 Å². The lowest BCUT2D eigenvalue weighted by molar-refractivity contribution is 0.654. The summed E-state index contributed by atoms with van der Waals surface area (Å²) in [7, 11) is 0. The van der Waals surface area contributed by atoms with Crippen LogP contribution in [0.5, 0.6) is 0 Å². The molecule has 0 spiro atoms. The maximum atomic E-state index is 5.34. The first-order chi connectivity index (χ1) is 5.31. The van der Waals surface area contributed by atoms with Gasteiger partial charge < -0.3 is 11.1 Å². The van der Waals surface area contributed by atoms with Crippen molar-refractivity contribution in [1.82, 2.24) is 5.32 Å². The highest BCUT2D eigenvalue weighted by Crippen LogP contribution is 1.92. The molecule has 0 amide bonds. The fraction of sp³-hybridized carbons (Fsp3) is 0.556. The molecule has 64 valence electrons. The number of nitrogens with two attached hydrogens (primary N) is 1. The Hall–Kier alpha value is -0.760. The Morgan fingerprint density at radius 3 is 2.64 bits per heavy atom. The Bertz CT molecular complexity index is 119. The lowest BCUT2D eigenvalue weighted by Crippen LogP contribution is -2.12. The molecule has 2 heteroatoms. The van der Waals surface area contributed by atoms with Crippen molar-refractivity contribution in [1.29, 1.82) is 0 Å².